The number of ether oxygens (including phenoxy) is 1. The Balaban J connectivity index is 2.73. The predicted octanol–water partition coefficient (Wildman–Crippen LogP) is 0.986. The average Bonchev–Trinajstić information content (AvgIpc) is 2.12. The lowest BCUT2D eigenvalue weighted by Gasteiger charge is -2.45. The van der Waals surface area contributed by atoms with E-state index in [0.29, 0.717) is 6.42 Å². The van der Waals surface area contributed by atoms with Gasteiger partial charge in [0.2, 0.25) is 0 Å². The molecule has 2 N–H and O–H groups in total. The molecule has 0 spiro atoms. The molecule has 1 aliphatic rings. The normalized spacial score (nSPS) is 30.3. The molecule has 0 saturated heterocycles. The Hall–Kier alpha value is -1.26. The van der Waals surface area contributed by atoms with Crippen molar-refractivity contribution in [1.29, 1.82) is 0 Å². The third kappa shape index (κ3) is 1.54. The first-order chi connectivity index (χ1) is 6.56. The number of amides is 1. The summed E-state index contributed by atoms with van der Waals surface area (Å²) in [5.74, 6) is -0.958. The van der Waals surface area contributed by atoms with Crippen LogP contribution in [0.5, 0.6) is 0 Å². The van der Waals surface area contributed by atoms with E-state index < -0.39 is 17.6 Å². The average molecular weight is 201 g/mol. The lowest BCUT2D eigenvalue weighted by atomic mass is 9.65. The van der Waals surface area contributed by atoms with Crippen LogP contribution in [-0.2, 0) is 9.53 Å². The minimum atomic E-state index is -1.10. The lowest BCUT2D eigenvalue weighted by molar-refractivity contribution is -0.153. The van der Waals surface area contributed by atoms with Crippen molar-refractivity contribution in [3.8, 4) is 0 Å². The first-order valence-corrected chi connectivity index (χ1v) is 4.66. The third-order valence-corrected chi connectivity index (χ3v) is 2.97. The Morgan fingerprint density at radius 3 is 2.57 bits per heavy atom. The van der Waals surface area contributed by atoms with E-state index in [1.807, 2.05) is 6.92 Å². The number of hydrogen-bond donors (Lipinski definition) is 2. The van der Waals surface area contributed by atoms with Crippen molar-refractivity contribution in [3.63, 3.8) is 0 Å². The molecular weight excluding hydrogens is 186 g/mol. The minimum Gasteiger partial charge on any atom is -0.479 e. The maximum atomic E-state index is 11.1. The fourth-order valence-corrected chi connectivity index (χ4v) is 1.92. The standard InChI is InChI=1S/C9H15NO4/c1-3-6-4-5-9(6,7(11)12)10-8(13)14-2/h6H,3-5H2,1-2H3,(H,10,13)(H,11,12). The maximum absolute atomic E-state index is 11.1. The maximum Gasteiger partial charge on any atom is 0.407 e. The monoisotopic (exact) mass is 201 g/mol. The first kappa shape index (κ1) is 10.8. The van der Waals surface area contributed by atoms with Gasteiger partial charge in [-0.05, 0) is 18.8 Å². The van der Waals surface area contributed by atoms with Crippen LogP contribution in [0.25, 0.3) is 0 Å². The predicted molar refractivity (Wildman–Crippen MR) is 48.9 cm³/mol. The van der Waals surface area contributed by atoms with Crippen LogP contribution in [0.15, 0.2) is 0 Å². The molecule has 1 fully saturated rings. The van der Waals surface area contributed by atoms with E-state index in [1.165, 1.54) is 7.11 Å². The highest BCUT2D eigenvalue weighted by Gasteiger charge is 2.53. The van der Waals surface area contributed by atoms with Gasteiger partial charge in [-0.15, -0.1) is 0 Å². The fourth-order valence-electron chi connectivity index (χ4n) is 1.92. The third-order valence-electron chi connectivity index (χ3n) is 2.97. The Kier molecular flexibility index (Phi) is 2.98. The van der Waals surface area contributed by atoms with E-state index in [1.54, 1.807) is 0 Å². The number of carboxylic acid groups (broad SMARTS) is 1. The van der Waals surface area contributed by atoms with Crippen LogP contribution >= 0.6 is 0 Å². The van der Waals surface area contributed by atoms with Crippen LogP contribution in [0.1, 0.15) is 26.2 Å². The zero-order chi connectivity index (χ0) is 10.8. The van der Waals surface area contributed by atoms with Crippen molar-refractivity contribution in [1.82, 2.24) is 5.32 Å². The number of methoxy groups -OCH3 is 1. The molecule has 1 saturated carbocycles. The lowest BCUT2D eigenvalue weighted by Crippen LogP contribution is -2.64. The van der Waals surface area contributed by atoms with Gasteiger partial charge >= 0.3 is 12.1 Å². The number of rotatable bonds is 3. The Labute approximate surface area is 82.4 Å². The van der Waals surface area contributed by atoms with Gasteiger partial charge in [0.15, 0.2) is 0 Å². The van der Waals surface area contributed by atoms with E-state index in [9.17, 15) is 9.59 Å². The van der Waals surface area contributed by atoms with Gasteiger partial charge in [-0.1, -0.05) is 13.3 Å². The van der Waals surface area contributed by atoms with Gasteiger partial charge in [0.25, 0.3) is 0 Å². The van der Waals surface area contributed by atoms with E-state index in [0.717, 1.165) is 12.8 Å². The Bertz CT molecular complexity index is 251. The molecule has 2 unspecified atom stereocenters. The molecule has 0 aromatic carbocycles. The quantitative estimate of drug-likeness (QED) is 0.713. The highest BCUT2D eigenvalue weighted by atomic mass is 16.5. The zero-order valence-corrected chi connectivity index (χ0v) is 8.37. The summed E-state index contributed by atoms with van der Waals surface area (Å²) < 4.78 is 4.41. The molecule has 0 aromatic rings. The summed E-state index contributed by atoms with van der Waals surface area (Å²) in [7, 11) is 1.23. The van der Waals surface area contributed by atoms with Gasteiger partial charge < -0.3 is 15.2 Å². The molecule has 80 valence electrons. The topological polar surface area (TPSA) is 75.6 Å². The Morgan fingerprint density at radius 2 is 2.29 bits per heavy atom. The summed E-state index contributed by atoms with van der Waals surface area (Å²) in [4.78, 5) is 22.0. The van der Waals surface area contributed by atoms with Crippen molar-refractivity contribution >= 4 is 12.1 Å². The summed E-state index contributed by atoms with van der Waals surface area (Å²) in [5, 5.41) is 11.5. The van der Waals surface area contributed by atoms with Gasteiger partial charge in [0, 0.05) is 0 Å². The van der Waals surface area contributed by atoms with Gasteiger partial charge in [-0.25, -0.2) is 9.59 Å². The van der Waals surface area contributed by atoms with Gasteiger partial charge in [-0.3, -0.25) is 0 Å². The Morgan fingerprint density at radius 1 is 1.64 bits per heavy atom. The number of hydrogen-bond acceptors (Lipinski definition) is 3. The van der Waals surface area contributed by atoms with Crippen LogP contribution < -0.4 is 5.32 Å². The van der Waals surface area contributed by atoms with E-state index in [-0.39, 0.29) is 5.92 Å². The number of alkyl carbamates (subject to hydrolysis) is 1. The molecule has 0 aromatic heterocycles. The van der Waals surface area contributed by atoms with Crippen molar-refractivity contribution in [2.75, 3.05) is 7.11 Å². The molecule has 1 aliphatic carbocycles. The molecule has 0 bridgehead atoms. The summed E-state index contributed by atoms with van der Waals surface area (Å²) in [5.41, 5.74) is -1.10. The second kappa shape index (κ2) is 3.86. The molecule has 2 atom stereocenters. The highest BCUT2D eigenvalue weighted by Crippen LogP contribution is 2.41. The smallest absolute Gasteiger partial charge is 0.407 e. The first-order valence-electron chi connectivity index (χ1n) is 4.66. The molecular formula is C9H15NO4. The van der Waals surface area contributed by atoms with Crippen LogP contribution in [0.4, 0.5) is 4.79 Å². The second-order valence-corrected chi connectivity index (χ2v) is 3.54. The van der Waals surface area contributed by atoms with Crippen molar-refractivity contribution < 1.29 is 19.4 Å². The zero-order valence-electron chi connectivity index (χ0n) is 8.37. The number of nitrogens with one attached hydrogen (secondary N) is 1. The molecule has 0 radical (unpaired) electrons. The SMILES string of the molecule is CCC1CCC1(NC(=O)OC)C(=O)O. The van der Waals surface area contributed by atoms with Gasteiger partial charge in [-0.2, -0.15) is 0 Å². The van der Waals surface area contributed by atoms with E-state index in [2.05, 4.69) is 10.1 Å². The second-order valence-electron chi connectivity index (χ2n) is 3.54. The molecule has 1 amide bonds. The minimum absolute atomic E-state index is 0.0131. The van der Waals surface area contributed by atoms with Crippen molar-refractivity contribution in [3.05, 3.63) is 0 Å². The largest absolute Gasteiger partial charge is 0.479 e. The molecule has 0 heterocycles. The van der Waals surface area contributed by atoms with Crippen LogP contribution in [0.3, 0.4) is 0 Å². The van der Waals surface area contributed by atoms with Crippen molar-refractivity contribution in [2.24, 2.45) is 5.92 Å². The molecule has 5 heteroatoms. The highest BCUT2D eigenvalue weighted by molar-refractivity contribution is 5.85. The molecule has 0 aliphatic heterocycles. The van der Waals surface area contributed by atoms with Gasteiger partial charge in [0.1, 0.15) is 5.54 Å². The van der Waals surface area contributed by atoms with Crippen LogP contribution in [0.2, 0.25) is 0 Å². The van der Waals surface area contributed by atoms with Crippen LogP contribution in [-0.4, -0.2) is 29.8 Å². The number of carbonyl (C=O) groups excluding carboxylic acids is 1. The van der Waals surface area contributed by atoms with E-state index in [4.69, 9.17) is 5.11 Å². The summed E-state index contributed by atoms with van der Waals surface area (Å²) in [6, 6.07) is 0. The number of carboxylic acids is 1. The number of carbonyl (C=O) groups is 2. The molecule has 1 rings (SSSR count). The van der Waals surface area contributed by atoms with Crippen molar-refractivity contribution in [2.45, 2.75) is 31.7 Å². The van der Waals surface area contributed by atoms with Crippen LogP contribution in [0, 0.1) is 5.92 Å². The summed E-state index contributed by atoms with van der Waals surface area (Å²) >= 11 is 0. The molecule has 5 nitrogen and oxygen atoms in total. The molecule has 14 heavy (non-hydrogen) atoms. The summed E-state index contributed by atoms with van der Waals surface area (Å²) in [6.07, 6.45) is 1.39. The fraction of sp³-hybridized carbons (Fsp3) is 0.778. The van der Waals surface area contributed by atoms with E-state index >= 15 is 0 Å². The summed E-state index contributed by atoms with van der Waals surface area (Å²) in [6.45, 7) is 1.92. The van der Waals surface area contributed by atoms with Gasteiger partial charge in [0.05, 0.1) is 7.11 Å². The number of aliphatic carboxylic acids is 1.